The normalized spacial score (nSPS) is 19.4. The number of aromatic nitrogens is 4. The number of hydrogen-bond donors (Lipinski definition) is 3. The summed E-state index contributed by atoms with van der Waals surface area (Å²) in [6, 6.07) is 18.8. The number of benzene rings is 3. The number of pyridine rings is 1. The van der Waals surface area contributed by atoms with Gasteiger partial charge >= 0.3 is 0 Å². The fraction of sp³-hybridized carbons (Fsp3) is 0.408. The highest BCUT2D eigenvalue weighted by molar-refractivity contribution is 7.90. The number of fused-ring (bicyclic) bond motifs is 3. The average molecular weight is 979 g/mol. The summed E-state index contributed by atoms with van der Waals surface area (Å²) in [4.78, 5) is 56.5. The van der Waals surface area contributed by atoms with Crippen molar-refractivity contribution in [3.63, 3.8) is 0 Å². The van der Waals surface area contributed by atoms with Crippen LogP contribution in [0.2, 0.25) is 5.02 Å². The Morgan fingerprint density at radius 3 is 2.45 bits per heavy atom. The number of nitrogens with one attached hydrogen (secondary N) is 3. The molecule has 3 aliphatic heterocycles. The van der Waals surface area contributed by atoms with E-state index in [9.17, 15) is 28.1 Å². The maximum Gasteiger partial charge on any atom is 0.297 e. The predicted molar refractivity (Wildman–Crippen MR) is 267 cm³/mol. The number of carbonyl (C=O) groups is 1. The van der Waals surface area contributed by atoms with Gasteiger partial charge in [0, 0.05) is 107 Å². The Kier molecular flexibility index (Phi) is 12.3. The fourth-order valence-electron chi connectivity index (χ4n) is 10.2. The topological polar surface area (TPSA) is 196 Å². The smallest absolute Gasteiger partial charge is 0.297 e. The Bertz CT molecular complexity index is 3200. The van der Waals surface area contributed by atoms with Crippen molar-refractivity contribution in [1.82, 2.24) is 38.8 Å². The number of H-pyrrole nitrogens is 1. The summed E-state index contributed by atoms with van der Waals surface area (Å²) in [5.74, 6) is -1.01. The zero-order valence-corrected chi connectivity index (χ0v) is 40.7. The molecular formula is C49H56ClN11O7S. The number of amides is 1. The lowest BCUT2D eigenvalue weighted by molar-refractivity contribution is -0.384. The number of sulfonamides is 1. The van der Waals surface area contributed by atoms with Crippen LogP contribution in [-0.4, -0.2) is 138 Å². The van der Waals surface area contributed by atoms with Crippen molar-refractivity contribution in [2.75, 3.05) is 89.3 Å². The van der Waals surface area contributed by atoms with E-state index in [1.807, 2.05) is 18.2 Å². The van der Waals surface area contributed by atoms with Crippen molar-refractivity contribution in [3.05, 3.63) is 115 Å². The average Bonchev–Trinajstić information content (AvgIpc) is 3.89. The van der Waals surface area contributed by atoms with Crippen LogP contribution < -0.4 is 25.2 Å². The number of allylic oxidation sites excluding steroid dienone is 1. The van der Waals surface area contributed by atoms with Crippen molar-refractivity contribution in [3.8, 4) is 11.4 Å². The first-order valence-corrected chi connectivity index (χ1v) is 25.2. The second kappa shape index (κ2) is 18.2. The molecule has 0 bridgehead atoms. The molecule has 0 radical (unpaired) electrons. The van der Waals surface area contributed by atoms with Gasteiger partial charge in [-0.25, -0.2) is 27.5 Å². The van der Waals surface area contributed by atoms with Gasteiger partial charge in [0.25, 0.3) is 27.2 Å². The molecule has 2 fully saturated rings. The number of aromatic amines is 1. The van der Waals surface area contributed by atoms with E-state index in [0.717, 1.165) is 82.2 Å². The molecule has 3 N–H and O–H groups in total. The van der Waals surface area contributed by atoms with E-state index in [2.05, 4.69) is 72.6 Å². The molecule has 2 saturated heterocycles. The lowest BCUT2D eigenvalue weighted by Crippen LogP contribution is -2.50. The number of piperazine rings is 2. The standard InChI is InChI=1S/C49H56ClN11O7S/c1-49(2)13-11-33(39(27-49)31-5-7-34(50)8-6-31)28-57-19-21-59(22-20-57)36-9-10-38(40(24-36)60-41-23-32-12-14-51-46(32)53-45(41)48(63)56(60)4)47(62)54-69(66,67)37-25-42(61(64)65)44-43(26-37)68-30-35(52-44)29-58-17-15-55(3)16-18-58/h5-10,12,14,23-26,35,52H,11,13,15-22,27-30H2,1-4H3,(H,51,53)(H,54,62). The molecule has 6 heterocycles. The number of nitrogens with zero attached hydrogens (tertiary/aromatic N) is 8. The minimum absolute atomic E-state index is 0.00409. The quantitative estimate of drug-likeness (QED) is 0.0998. The van der Waals surface area contributed by atoms with Gasteiger partial charge in [0.15, 0.2) is 17.0 Å². The Labute approximate surface area is 404 Å². The van der Waals surface area contributed by atoms with Gasteiger partial charge in [-0.05, 0) is 85.3 Å². The third-order valence-electron chi connectivity index (χ3n) is 14.2. The molecule has 4 aliphatic rings. The number of nitro groups is 1. The van der Waals surface area contributed by atoms with Gasteiger partial charge in [-0.3, -0.25) is 29.5 Å². The van der Waals surface area contributed by atoms with Gasteiger partial charge in [-0.2, -0.15) is 0 Å². The summed E-state index contributed by atoms with van der Waals surface area (Å²) in [7, 11) is -1.10. The highest BCUT2D eigenvalue weighted by atomic mass is 35.5. The minimum atomic E-state index is -4.73. The lowest BCUT2D eigenvalue weighted by atomic mass is 9.72. The van der Waals surface area contributed by atoms with E-state index in [4.69, 9.17) is 16.3 Å². The molecular weight excluding hydrogens is 922 g/mol. The van der Waals surface area contributed by atoms with Gasteiger partial charge in [0.1, 0.15) is 12.3 Å². The van der Waals surface area contributed by atoms with E-state index < -0.39 is 37.0 Å². The van der Waals surface area contributed by atoms with Crippen LogP contribution in [-0.2, 0) is 17.1 Å². The zero-order chi connectivity index (χ0) is 48.4. The first-order chi connectivity index (χ1) is 33.0. The molecule has 0 spiro atoms. The number of carbonyl (C=O) groups excluding carboxylic acids is 1. The van der Waals surface area contributed by atoms with Gasteiger partial charge < -0.3 is 24.8 Å². The van der Waals surface area contributed by atoms with Crippen LogP contribution in [0.4, 0.5) is 17.1 Å². The number of rotatable bonds is 11. The summed E-state index contributed by atoms with van der Waals surface area (Å²) in [5, 5.41) is 17.1. The van der Waals surface area contributed by atoms with Crippen LogP contribution in [0.5, 0.6) is 5.75 Å². The summed E-state index contributed by atoms with van der Waals surface area (Å²) in [5.41, 5.74) is 5.47. The van der Waals surface area contributed by atoms with E-state index in [0.29, 0.717) is 35.8 Å². The fourth-order valence-corrected chi connectivity index (χ4v) is 11.3. The number of anilines is 2. The summed E-state index contributed by atoms with van der Waals surface area (Å²) in [6.07, 6.45) is 4.85. The minimum Gasteiger partial charge on any atom is -0.489 e. The van der Waals surface area contributed by atoms with E-state index in [1.54, 1.807) is 42.2 Å². The lowest BCUT2D eigenvalue weighted by Gasteiger charge is -2.39. The number of halogens is 1. The zero-order valence-electron chi connectivity index (χ0n) is 39.1. The first kappa shape index (κ1) is 46.5. The Morgan fingerprint density at radius 2 is 1.71 bits per heavy atom. The third kappa shape index (κ3) is 9.33. The molecule has 20 heteroatoms. The molecule has 6 aromatic rings. The summed E-state index contributed by atoms with van der Waals surface area (Å²) < 4.78 is 39.4. The monoisotopic (exact) mass is 977 g/mol. The molecule has 1 atom stereocenters. The molecule has 1 aliphatic carbocycles. The molecule has 3 aromatic heterocycles. The predicted octanol–water partition coefficient (Wildman–Crippen LogP) is 6.09. The molecule has 10 rings (SSSR count). The molecule has 362 valence electrons. The third-order valence-corrected chi connectivity index (χ3v) is 15.7. The molecule has 3 aromatic carbocycles. The van der Waals surface area contributed by atoms with Crippen molar-refractivity contribution in [1.29, 1.82) is 0 Å². The maximum absolute atomic E-state index is 14.5. The SMILES string of the molecule is CN1CCN(CC2COc3cc(S(=O)(=O)NC(=O)c4ccc(N5CCN(CC6=C(c7ccc(Cl)cc7)CC(C)(C)CC6)CC5)cc4-n4c5cc6cc[nH]c6nc5c(=O)n4C)cc([N+](=O)[O-])c3N2)CC1. The number of likely N-dealkylation sites (N-methyl/N-ethyl adjacent to an activating group) is 1. The molecule has 1 unspecified atom stereocenters. The molecule has 69 heavy (non-hydrogen) atoms. The number of hydrogen-bond acceptors (Lipinski definition) is 13. The van der Waals surface area contributed by atoms with E-state index in [1.165, 1.54) is 27.5 Å². The van der Waals surface area contributed by atoms with Crippen molar-refractivity contribution in [2.45, 2.75) is 44.0 Å². The number of ether oxygens (including phenoxy) is 1. The van der Waals surface area contributed by atoms with Crippen molar-refractivity contribution in [2.24, 2.45) is 12.5 Å². The van der Waals surface area contributed by atoms with Crippen molar-refractivity contribution < 1.29 is 22.9 Å². The maximum atomic E-state index is 14.5. The number of nitro benzene ring substituents is 1. The highest BCUT2D eigenvalue weighted by Gasteiger charge is 2.34. The van der Waals surface area contributed by atoms with Crippen LogP contribution in [0.25, 0.3) is 33.3 Å². The second-order valence-corrected chi connectivity index (χ2v) is 21.7. The van der Waals surface area contributed by atoms with Crippen LogP contribution in [0.15, 0.2) is 88.2 Å². The Balaban J connectivity index is 0.940. The Morgan fingerprint density at radius 1 is 0.971 bits per heavy atom. The van der Waals surface area contributed by atoms with E-state index in [-0.39, 0.29) is 46.3 Å². The van der Waals surface area contributed by atoms with Gasteiger partial charge in [0.05, 0.1) is 32.6 Å². The molecule has 1 amide bonds. The highest BCUT2D eigenvalue weighted by Crippen LogP contribution is 2.44. The van der Waals surface area contributed by atoms with Crippen LogP contribution in [0.3, 0.4) is 0 Å². The van der Waals surface area contributed by atoms with Gasteiger partial charge in [-0.15, -0.1) is 0 Å². The van der Waals surface area contributed by atoms with Gasteiger partial charge in [0.2, 0.25) is 0 Å². The largest absolute Gasteiger partial charge is 0.489 e. The van der Waals surface area contributed by atoms with Gasteiger partial charge in [-0.1, -0.05) is 43.2 Å². The second-order valence-electron chi connectivity index (χ2n) is 19.6. The van der Waals surface area contributed by atoms with Crippen LogP contribution >= 0.6 is 11.6 Å². The molecule has 0 saturated carbocycles. The van der Waals surface area contributed by atoms with Crippen LogP contribution in [0.1, 0.15) is 49.0 Å². The first-order valence-electron chi connectivity index (χ1n) is 23.3. The molecule has 18 nitrogen and oxygen atoms in total. The van der Waals surface area contributed by atoms with E-state index >= 15 is 0 Å². The summed E-state index contributed by atoms with van der Waals surface area (Å²) in [6.45, 7) is 12.7. The van der Waals surface area contributed by atoms with Crippen molar-refractivity contribution >= 4 is 72.2 Å². The summed E-state index contributed by atoms with van der Waals surface area (Å²) >= 11 is 6.27. The Hall–Kier alpha value is -6.25. The van der Waals surface area contributed by atoms with Crippen LogP contribution in [0, 0.1) is 15.5 Å².